The molecular formula is C15H19NO5. The van der Waals surface area contributed by atoms with E-state index in [0.717, 1.165) is 12.8 Å². The van der Waals surface area contributed by atoms with E-state index >= 15 is 0 Å². The lowest BCUT2D eigenvalue weighted by molar-refractivity contribution is 0.0476. The molecule has 1 aromatic carbocycles. The Morgan fingerprint density at radius 1 is 1.29 bits per heavy atom. The van der Waals surface area contributed by atoms with E-state index in [2.05, 4.69) is 5.32 Å². The molecule has 1 aliphatic heterocycles. The van der Waals surface area contributed by atoms with Crippen LogP contribution in [0.3, 0.4) is 0 Å². The Morgan fingerprint density at radius 3 is 2.62 bits per heavy atom. The SMILES string of the molecule is CCCCOC(=O)Nc1ccc(C(=O)OCC2CO2)cc1. The molecule has 0 radical (unpaired) electrons. The van der Waals surface area contributed by atoms with Crippen LogP contribution in [0.2, 0.25) is 0 Å². The molecule has 1 fully saturated rings. The van der Waals surface area contributed by atoms with Crippen molar-refractivity contribution < 1.29 is 23.8 Å². The maximum Gasteiger partial charge on any atom is 0.411 e. The number of carbonyl (C=O) groups is 2. The van der Waals surface area contributed by atoms with Crippen LogP contribution in [0.1, 0.15) is 30.1 Å². The molecule has 1 amide bonds. The van der Waals surface area contributed by atoms with E-state index in [1.54, 1.807) is 24.3 Å². The average molecular weight is 293 g/mol. The molecule has 0 aliphatic carbocycles. The van der Waals surface area contributed by atoms with Gasteiger partial charge in [0, 0.05) is 5.69 Å². The van der Waals surface area contributed by atoms with E-state index in [1.165, 1.54) is 0 Å². The summed E-state index contributed by atoms with van der Waals surface area (Å²) in [6.07, 6.45) is 1.36. The van der Waals surface area contributed by atoms with Crippen LogP contribution in [0.5, 0.6) is 0 Å². The fourth-order valence-electron chi connectivity index (χ4n) is 1.57. The van der Waals surface area contributed by atoms with Crippen LogP contribution in [0.25, 0.3) is 0 Å². The molecule has 21 heavy (non-hydrogen) atoms. The first-order valence-corrected chi connectivity index (χ1v) is 7.01. The third kappa shape index (κ3) is 5.43. The molecular weight excluding hydrogens is 274 g/mol. The summed E-state index contributed by atoms with van der Waals surface area (Å²) in [7, 11) is 0. The van der Waals surface area contributed by atoms with Gasteiger partial charge in [-0.1, -0.05) is 13.3 Å². The summed E-state index contributed by atoms with van der Waals surface area (Å²) in [5, 5.41) is 2.59. The highest BCUT2D eigenvalue weighted by Crippen LogP contribution is 2.13. The van der Waals surface area contributed by atoms with Gasteiger partial charge in [0.1, 0.15) is 12.7 Å². The van der Waals surface area contributed by atoms with Gasteiger partial charge in [-0.3, -0.25) is 5.32 Å². The Labute approximate surface area is 123 Å². The van der Waals surface area contributed by atoms with E-state index in [-0.39, 0.29) is 12.7 Å². The molecule has 1 saturated heterocycles. The number of epoxide rings is 1. The van der Waals surface area contributed by atoms with Gasteiger partial charge in [-0.25, -0.2) is 9.59 Å². The predicted molar refractivity (Wildman–Crippen MR) is 76.3 cm³/mol. The van der Waals surface area contributed by atoms with E-state index in [9.17, 15) is 9.59 Å². The molecule has 114 valence electrons. The lowest BCUT2D eigenvalue weighted by Crippen LogP contribution is -2.14. The fourth-order valence-corrected chi connectivity index (χ4v) is 1.57. The zero-order valence-corrected chi connectivity index (χ0v) is 12.0. The number of unbranched alkanes of at least 4 members (excludes halogenated alkanes) is 1. The van der Waals surface area contributed by atoms with Crippen LogP contribution in [0.4, 0.5) is 10.5 Å². The third-order valence-electron chi connectivity index (χ3n) is 2.90. The molecule has 0 aromatic heterocycles. The maximum absolute atomic E-state index is 11.7. The molecule has 1 heterocycles. The maximum atomic E-state index is 11.7. The van der Waals surface area contributed by atoms with Crippen molar-refractivity contribution in [2.75, 3.05) is 25.1 Å². The number of ether oxygens (including phenoxy) is 3. The molecule has 1 N–H and O–H groups in total. The van der Waals surface area contributed by atoms with Crippen LogP contribution in [-0.4, -0.2) is 38.0 Å². The second kappa shape index (κ2) is 7.64. The Balaban J connectivity index is 1.77. The van der Waals surface area contributed by atoms with Crippen molar-refractivity contribution in [3.8, 4) is 0 Å². The summed E-state index contributed by atoms with van der Waals surface area (Å²) >= 11 is 0. The molecule has 1 aromatic rings. The van der Waals surface area contributed by atoms with Crippen molar-refractivity contribution in [1.82, 2.24) is 0 Å². The molecule has 0 saturated carbocycles. The smallest absolute Gasteiger partial charge is 0.411 e. The Hall–Kier alpha value is -2.08. The first-order chi connectivity index (χ1) is 10.2. The Kier molecular flexibility index (Phi) is 5.57. The number of esters is 1. The molecule has 0 bridgehead atoms. The topological polar surface area (TPSA) is 77.2 Å². The number of amides is 1. The quantitative estimate of drug-likeness (QED) is 0.475. The minimum absolute atomic E-state index is 0.0489. The molecule has 1 aliphatic rings. The van der Waals surface area contributed by atoms with Gasteiger partial charge in [-0.05, 0) is 30.7 Å². The lowest BCUT2D eigenvalue weighted by Gasteiger charge is -2.07. The second-order valence-electron chi connectivity index (χ2n) is 4.75. The summed E-state index contributed by atoms with van der Waals surface area (Å²) in [5.74, 6) is -0.400. The Bertz CT molecular complexity index is 481. The summed E-state index contributed by atoms with van der Waals surface area (Å²) in [6, 6.07) is 6.45. The number of benzene rings is 1. The van der Waals surface area contributed by atoms with E-state index in [1.807, 2.05) is 6.92 Å². The van der Waals surface area contributed by atoms with Gasteiger partial charge in [0.2, 0.25) is 0 Å². The highest BCUT2D eigenvalue weighted by Gasteiger charge is 2.24. The Morgan fingerprint density at radius 2 is 2.00 bits per heavy atom. The number of hydrogen-bond acceptors (Lipinski definition) is 5. The van der Waals surface area contributed by atoms with Crippen molar-refractivity contribution in [3.05, 3.63) is 29.8 Å². The first kappa shape index (κ1) is 15.3. The van der Waals surface area contributed by atoms with E-state index in [4.69, 9.17) is 14.2 Å². The minimum Gasteiger partial charge on any atom is -0.459 e. The van der Waals surface area contributed by atoms with Gasteiger partial charge in [0.25, 0.3) is 0 Å². The number of hydrogen-bond donors (Lipinski definition) is 1. The van der Waals surface area contributed by atoms with Crippen LogP contribution >= 0.6 is 0 Å². The van der Waals surface area contributed by atoms with Gasteiger partial charge >= 0.3 is 12.1 Å². The van der Waals surface area contributed by atoms with Crippen molar-refractivity contribution in [2.24, 2.45) is 0 Å². The number of anilines is 1. The highest BCUT2D eigenvalue weighted by atomic mass is 16.6. The van der Waals surface area contributed by atoms with Crippen LogP contribution in [-0.2, 0) is 14.2 Å². The van der Waals surface area contributed by atoms with Gasteiger partial charge in [-0.2, -0.15) is 0 Å². The third-order valence-corrected chi connectivity index (χ3v) is 2.90. The van der Waals surface area contributed by atoms with Crippen LogP contribution < -0.4 is 5.32 Å². The summed E-state index contributed by atoms with van der Waals surface area (Å²) in [6.45, 7) is 3.35. The molecule has 2 rings (SSSR count). The summed E-state index contributed by atoms with van der Waals surface area (Å²) in [5.41, 5.74) is 0.999. The molecule has 0 spiro atoms. The molecule has 6 heteroatoms. The molecule has 1 atom stereocenters. The lowest BCUT2D eigenvalue weighted by atomic mass is 10.2. The van der Waals surface area contributed by atoms with E-state index < -0.39 is 12.1 Å². The van der Waals surface area contributed by atoms with Gasteiger partial charge in [0.15, 0.2) is 0 Å². The minimum atomic E-state index is -0.496. The number of nitrogens with one attached hydrogen (secondary N) is 1. The van der Waals surface area contributed by atoms with Crippen LogP contribution in [0, 0.1) is 0 Å². The van der Waals surface area contributed by atoms with Crippen LogP contribution in [0.15, 0.2) is 24.3 Å². The van der Waals surface area contributed by atoms with Crippen molar-refractivity contribution in [1.29, 1.82) is 0 Å². The highest BCUT2D eigenvalue weighted by molar-refractivity contribution is 5.91. The standard InChI is InChI=1S/C15H19NO5/c1-2-3-8-19-15(18)16-12-6-4-11(5-7-12)14(17)21-10-13-9-20-13/h4-7,13H,2-3,8-10H2,1H3,(H,16,18). The number of carbonyl (C=O) groups excluding carboxylic acids is 2. The summed E-state index contributed by atoms with van der Waals surface area (Å²) < 4.78 is 15.0. The monoisotopic (exact) mass is 293 g/mol. The van der Waals surface area contributed by atoms with Crippen molar-refractivity contribution >= 4 is 17.7 Å². The fraction of sp³-hybridized carbons (Fsp3) is 0.467. The largest absolute Gasteiger partial charge is 0.459 e. The normalized spacial score (nSPS) is 16.1. The zero-order valence-electron chi connectivity index (χ0n) is 12.0. The van der Waals surface area contributed by atoms with Crippen molar-refractivity contribution in [3.63, 3.8) is 0 Å². The zero-order chi connectivity index (χ0) is 15.1. The molecule has 6 nitrogen and oxygen atoms in total. The second-order valence-corrected chi connectivity index (χ2v) is 4.75. The van der Waals surface area contributed by atoms with Gasteiger partial charge in [0.05, 0.1) is 18.8 Å². The first-order valence-electron chi connectivity index (χ1n) is 7.01. The summed E-state index contributed by atoms with van der Waals surface area (Å²) in [4.78, 5) is 23.1. The van der Waals surface area contributed by atoms with E-state index in [0.29, 0.717) is 24.5 Å². The average Bonchev–Trinajstić information content (AvgIpc) is 3.30. The molecule has 1 unspecified atom stereocenters. The van der Waals surface area contributed by atoms with Gasteiger partial charge in [-0.15, -0.1) is 0 Å². The van der Waals surface area contributed by atoms with Crippen molar-refractivity contribution in [2.45, 2.75) is 25.9 Å². The number of rotatable bonds is 7. The van der Waals surface area contributed by atoms with Gasteiger partial charge < -0.3 is 14.2 Å². The predicted octanol–water partition coefficient (Wildman–Crippen LogP) is 2.59.